The summed E-state index contributed by atoms with van der Waals surface area (Å²) >= 11 is 6.03. The summed E-state index contributed by atoms with van der Waals surface area (Å²) in [4.78, 5) is 29.2. The number of rotatable bonds is 7. The number of hydrogen-bond acceptors (Lipinski definition) is 5. The van der Waals surface area contributed by atoms with E-state index in [-0.39, 0.29) is 12.6 Å². The predicted octanol–water partition coefficient (Wildman–Crippen LogP) is 3.30. The van der Waals surface area contributed by atoms with Gasteiger partial charge >= 0.3 is 5.97 Å². The van der Waals surface area contributed by atoms with E-state index in [1.54, 1.807) is 0 Å². The number of esters is 1. The Morgan fingerprint density at radius 2 is 2.00 bits per heavy atom. The third-order valence-electron chi connectivity index (χ3n) is 4.94. The number of pyridine rings is 1. The third kappa shape index (κ3) is 5.57. The molecule has 0 unspecified atom stereocenters. The van der Waals surface area contributed by atoms with Crippen molar-refractivity contribution < 1.29 is 14.3 Å². The molecule has 0 atom stereocenters. The molecular formula is C20H24ClN3O3. The van der Waals surface area contributed by atoms with E-state index in [0.29, 0.717) is 12.3 Å². The summed E-state index contributed by atoms with van der Waals surface area (Å²) in [6, 6.07) is 9.85. The molecule has 0 aliphatic carbocycles. The topological polar surface area (TPSA) is 85.5 Å². The number of carbonyl (C=O) groups is 2. The van der Waals surface area contributed by atoms with Crippen molar-refractivity contribution in [2.75, 3.05) is 24.6 Å². The second kappa shape index (κ2) is 9.04. The Labute approximate surface area is 163 Å². The number of hydrogen-bond donors (Lipinski definition) is 1. The molecule has 7 heteroatoms. The van der Waals surface area contributed by atoms with Gasteiger partial charge in [-0.1, -0.05) is 11.6 Å². The number of nitrogens with two attached hydrogens (primary N) is 1. The van der Waals surface area contributed by atoms with Gasteiger partial charge in [-0.3, -0.25) is 9.59 Å². The minimum absolute atomic E-state index is 0.331. The van der Waals surface area contributed by atoms with E-state index in [4.69, 9.17) is 27.1 Å². The Morgan fingerprint density at radius 1 is 1.22 bits per heavy atom. The van der Waals surface area contributed by atoms with E-state index in [1.807, 2.05) is 24.3 Å². The molecule has 2 N–H and O–H groups in total. The van der Waals surface area contributed by atoms with Crippen LogP contribution in [0.5, 0.6) is 0 Å². The summed E-state index contributed by atoms with van der Waals surface area (Å²) in [6.45, 7) is 1.59. The van der Waals surface area contributed by atoms with Crippen molar-refractivity contribution >= 4 is 40.2 Å². The molecule has 1 aliphatic rings. The Balaban J connectivity index is 1.44. The molecule has 1 amide bonds. The average Bonchev–Trinajstić information content (AvgIpc) is 2.66. The lowest BCUT2D eigenvalue weighted by molar-refractivity contribution is -0.147. The van der Waals surface area contributed by atoms with Crippen LogP contribution in [-0.2, 0) is 14.3 Å². The highest BCUT2D eigenvalue weighted by Crippen LogP contribution is 2.27. The van der Waals surface area contributed by atoms with E-state index < -0.39 is 5.91 Å². The van der Waals surface area contributed by atoms with Gasteiger partial charge in [-0.15, -0.1) is 0 Å². The fourth-order valence-electron chi connectivity index (χ4n) is 3.47. The van der Waals surface area contributed by atoms with Crippen LogP contribution >= 0.6 is 11.6 Å². The number of benzene rings is 1. The molecule has 0 spiro atoms. The molecular weight excluding hydrogens is 366 g/mol. The van der Waals surface area contributed by atoms with Crippen molar-refractivity contribution in [2.45, 2.75) is 32.1 Å². The van der Waals surface area contributed by atoms with Gasteiger partial charge in [0.15, 0.2) is 6.61 Å². The standard InChI is InChI=1S/C20H24ClN3O3/c21-16-5-6-17-15(12-16)4-7-19(23-17)24-10-8-14(9-11-24)2-1-3-20(26)27-13-18(22)25/h4-7,12,14H,1-3,8-11,13H2,(H2,22,25). The first-order valence-electron chi connectivity index (χ1n) is 9.26. The van der Waals surface area contributed by atoms with E-state index in [2.05, 4.69) is 11.0 Å². The molecule has 2 heterocycles. The van der Waals surface area contributed by atoms with Crippen molar-refractivity contribution in [2.24, 2.45) is 11.7 Å². The minimum Gasteiger partial charge on any atom is -0.456 e. The second-order valence-corrected chi connectivity index (χ2v) is 7.39. The number of primary amides is 1. The molecule has 1 aromatic heterocycles. The quantitative estimate of drug-likeness (QED) is 0.734. The summed E-state index contributed by atoms with van der Waals surface area (Å²) in [6.07, 6.45) is 4.26. The van der Waals surface area contributed by atoms with E-state index in [1.165, 1.54) is 0 Å². The van der Waals surface area contributed by atoms with Crippen LogP contribution in [0.4, 0.5) is 5.82 Å². The number of carbonyl (C=O) groups excluding carboxylic acids is 2. The van der Waals surface area contributed by atoms with Crippen LogP contribution in [0.2, 0.25) is 5.02 Å². The van der Waals surface area contributed by atoms with Gasteiger partial charge in [-0.05, 0) is 61.9 Å². The molecule has 1 fully saturated rings. The number of halogens is 1. The van der Waals surface area contributed by atoms with Crippen LogP contribution in [0.3, 0.4) is 0 Å². The maximum absolute atomic E-state index is 11.5. The first-order valence-corrected chi connectivity index (χ1v) is 9.64. The number of fused-ring (bicyclic) bond motifs is 1. The fraction of sp³-hybridized carbons (Fsp3) is 0.450. The molecule has 3 rings (SSSR count). The van der Waals surface area contributed by atoms with Gasteiger partial charge in [0.2, 0.25) is 0 Å². The van der Waals surface area contributed by atoms with Gasteiger partial charge in [0, 0.05) is 29.9 Å². The second-order valence-electron chi connectivity index (χ2n) is 6.96. The smallest absolute Gasteiger partial charge is 0.306 e. The Hall–Kier alpha value is -2.34. The van der Waals surface area contributed by atoms with Gasteiger partial charge in [-0.2, -0.15) is 0 Å². The van der Waals surface area contributed by atoms with E-state index in [9.17, 15) is 9.59 Å². The molecule has 1 saturated heterocycles. The van der Waals surface area contributed by atoms with Crippen molar-refractivity contribution in [1.82, 2.24) is 4.98 Å². The SMILES string of the molecule is NC(=O)COC(=O)CCCC1CCN(c2ccc3cc(Cl)ccc3n2)CC1. The van der Waals surface area contributed by atoms with Crippen LogP contribution in [-0.4, -0.2) is 36.6 Å². The average molecular weight is 390 g/mol. The van der Waals surface area contributed by atoms with Crippen LogP contribution < -0.4 is 10.6 Å². The molecule has 144 valence electrons. The molecule has 0 radical (unpaired) electrons. The molecule has 0 bridgehead atoms. The monoisotopic (exact) mass is 389 g/mol. The lowest BCUT2D eigenvalue weighted by atomic mass is 9.91. The maximum Gasteiger partial charge on any atom is 0.306 e. The molecule has 2 aromatic rings. The van der Waals surface area contributed by atoms with Gasteiger partial charge in [-0.25, -0.2) is 4.98 Å². The van der Waals surface area contributed by atoms with Crippen molar-refractivity contribution in [3.63, 3.8) is 0 Å². The molecule has 27 heavy (non-hydrogen) atoms. The van der Waals surface area contributed by atoms with E-state index >= 15 is 0 Å². The summed E-state index contributed by atoms with van der Waals surface area (Å²) in [5.41, 5.74) is 5.91. The Kier molecular flexibility index (Phi) is 6.50. The molecule has 0 saturated carbocycles. The minimum atomic E-state index is -0.624. The zero-order valence-corrected chi connectivity index (χ0v) is 16.0. The Morgan fingerprint density at radius 3 is 2.74 bits per heavy atom. The highest BCUT2D eigenvalue weighted by Gasteiger charge is 2.20. The van der Waals surface area contributed by atoms with Gasteiger partial charge in [0.1, 0.15) is 5.82 Å². The summed E-state index contributed by atoms with van der Waals surface area (Å²) in [5.74, 6) is 0.621. The number of aromatic nitrogens is 1. The highest BCUT2D eigenvalue weighted by molar-refractivity contribution is 6.31. The number of amides is 1. The van der Waals surface area contributed by atoms with E-state index in [0.717, 1.165) is 60.5 Å². The first kappa shape index (κ1) is 19.4. The highest BCUT2D eigenvalue weighted by atomic mass is 35.5. The zero-order chi connectivity index (χ0) is 19.2. The number of piperidine rings is 1. The van der Waals surface area contributed by atoms with Gasteiger partial charge < -0.3 is 15.4 Å². The molecule has 1 aromatic carbocycles. The number of anilines is 1. The lowest BCUT2D eigenvalue weighted by Gasteiger charge is -2.33. The summed E-state index contributed by atoms with van der Waals surface area (Å²) < 4.78 is 4.77. The van der Waals surface area contributed by atoms with Crippen LogP contribution in [0, 0.1) is 5.92 Å². The Bertz CT molecular complexity index is 819. The van der Waals surface area contributed by atoms with Crippen LogP contribution in [0.15, 0.2) is 30.3 Å². The van der Waals surface area contributed by atoms with Crippen molar-refractivity contribution in [3.8, 4) is 0 Å². The summed E-state index contributed by atoms with van der Waals surface area (Å²) in [5, 5.41) is 1.76. The fourth-order valence-corrected chi connectivity index (χ4v) is 3.65. The zero-order valence-electron chi connectivity index (χ0n) is 15.2. The van der Waals surface area contributed by atoms with Gasteiger partial charge in [0.25, 0.3) is 5.91 Å². The van der Waals surface area contributed by atoms with Crippen LogP contribution in [0.25, 0.3) is 10.9 Å². The number of ether oxygens (including phenoxy) is 1. The first-order chi connectivity index (χ1) is 13.0. The maximum atomic E-state index is 11.5. The third-order valence-corrected chi connectivity index (χ3v) is 5.18. The predicted molar refractivity (Wildman–Crippen MR) is 106 cm³/mol. The normalized spacial score (nSPS) is 15.1. The van der Waals surface area contributed by atoms with Crippen LogP contribution in [0.1, 0.15) is 32.1 Å². The summed E-state index contributed by atoms with van der Waals surface area (Å²) in [7, 11) is 0. The van der Waals surface area contributed by atoms with Crippen molar-refractivity contribution in [3.05, 3.63) is 35.4 Å². The number of nitrogens with zero attached hydrogens (tertiary/aromatic N) is 2. The van der Waals surface area contributed by atoms with Gasteiger partial charge in [0.05, 0.1) is 5.52 Å². The largest absolute Gasteiger partial charge is 0.456 e. The molecule has 1 aliphatic heterocycles. The lowest BCUT2D eigenvalue weighted by Crippen LogP contribution is -2.34. The van der Waals surface area contributed by atoms with Crippen molar-refractivity contribution in [1.29, 1.82) is 0 Å². The molecule has 6 nitrogen and oxygen atoms in total.